The molecule has 1 saturated heterocycles. The summed E-state index contributed by atoms with van der Waals surface area (Å²) in [5.74, 6) is 0.0809. The number of halogens is 2. The fraction of sp³-hybridized carbons (Fsp3) is 0.375. The molecule has 1 amide bonds. The van der Waals surface area contributed by atoms with Crippen LogP contribution in [0.4, 0.5) is 20.3 Å². The van der Waals surface area contributed by atoms with E-state index < -0.39 is 18.0 Å². The van der Waals surface area contributed by atoms with Crippen LogP contribution in [0.2, 0.25) is 0 Å². The highest BCUT2D eigenvalue weighted by Gasteiger charge is 2.23. The third kappa shape index (κ3) is 3.21. The molecular weight excluding hydrogens is 358 g/mol. The van der Waals surface area contributed by atoms with Gasteiger partial charge in [-0.25, -0.2) is 18.3 Å². The summed E-state index contributed by atoms with van der Waals surface area (Å²) in [4.78, 5) is 18.8. The first-order valence-electron chi connectivity index (χ1n) is 8.40. The van der Waals surface area contributed by atoms with E-state index >= 15 is 0 Å². The van der Waals surface area contributed by atoms with Crippen molar-refractivity contribution < 1.29 is 13.6 Å². The molecule has 0 radical (unpaired) electrons. The Bertz CT molecular complexity index is 998. The van der Waals surface area contributed by atoms with E-state index in [0.29, 0.717) is 18.0 Å². The zero-order valence-electron chi connectivity index (χ0n) is 14.5. The molecule has 1 atom stereocenters. The number of aryl methyl sites for hydroxylation is 1. The average molecular weight is 376 g/mol. The van der Waals surface area contributed by atoms with Crippen LogP contribution in [-0.2, 0) is 7.05 Å². The molecule has 11 heteroatoms. The highest BCUT2D eigenvalue weighted by Crippen LogP contribution is 2.25. The minimum atomic E-state index is -2.80. The molecule has 9 nitrogen and oxygen atoms in total. The third-order valence-corrected chi connectivity index (χ3v) is 4.44. The highest BCUT2D eigenvalue weighted by atomic mass is 19.3. The SMILES string of the molecule is Cn1cc(NC(=O)c2cnc3ccc(N4CC[C@@H](N)C4)nn23)c(C(F)F)n1. The van der Waals surface area contributed by atoms with Gasteiger partial charge in [0.25, 0.3) is 12.3 Å². The summed E-state index contributed by atoms with van der Waals surface area (Å²) in [5.41, 5.74) is 6.02. The van der Waals surface area contributed by atoms with Crippen LogP contribution in [0.25, 0.3) is 5.65 Å². The molecule has 3 aromatic heterocycles. The van der Waals surface area contributed by atoms with E-state index in [-0.39, 0.29) is 17.4 Å². The minimum Gasteiger partial charge on any atom is -0.354 e. The van der Waals surface area contributed by atoms with Crippen LogP contribution >= 0.6 is 0 Å². The number of hydrogen-bond donors (Lipinski definition) is 2. The fourth-order valence-corrected chi connectivity index (χ4v) is 3.13. The second kappa shape index (κ2) is 6.58. The van der Waals surface area contributed by atoms with Crippen molar-refractivity contribution in [3.8, 4) is 0 Å². The number of aromatic nitrogens is 5. The number of anilines is 2. The summed E-state index contributed by atoms with van der Waals surface area (Å²) in [6.07, 6.45) is 0.754. The Labute approximate surface area is 152 Å². The van der Waals surface area contributed by atoms with Gasteiger partial charge >= 0.3 is 0 Å². The molecule has 27 heavy (non-hydrogen) atoms. The maximum atomic E-state index is 13.1. The van der Waals surface area contributed by atoms with Gasteiger partial charge < -0.3 is 16.0 Å². The lowest BCUT2D eigenvalue weighted by molar-refractivity contribution is 0.101. The van der Waals surface area contributed by atoms with Crippen LogP contribution in [0.3, 0.4) is 0 Å². The van der Waals surface area contributed by atoms with E-state index in [9.17, 15) is 13.6 Å². The second-order valence-electron chi connectivity index (χ2n) is 6.46. The lowest BCUT2D eigenvalue weighted by atomic mass is 10.3. The molecule has 0 unspecified atom stereocenters. The van der Waals surface area contributed by atoms with E-state index in [4.69, 9.17) is 5.73 Å². The molecule has 1 fully saturated rings. The highest BCUT2D eigenvalue weighted by molar-refractivity contribution is 6.03. The maximum absolute atomic E-state index is 13.1. The first kappa shape index (κ1) is 17.3. The number of nitrogens with zero attached hydrogens (tertiary/aromatic N) is 6. The summed E-state index contributed by atoms with van der Waals surface area (Å²) in [5, 5.41) is 10.6. The molecule has 4 rings (SSSR count). The Morgan fingerprint density at radius 1 is 1.37 bits per heavy atom. The number of hydrogen-bond acceptors (Lipinski definition) is 6. The zero-order valence-corrected chi connectivity index (χ0v) is 14.5. The van der Waals surface area contributed by atoms with Crippen LogP contribution in [0.1, 0.15) is 29.0 Å². The third-order valence-electron chi connectivity index (χ3n) is 4.44. The summed E-state index contributed by atoms with van der Waals surface area (Å²) in [6.45, 7) is 1.46. The van der Waals surface area contributed by atoms with Gasteiger partial charge in [-0.15, -0.1) is 5.10 Å². The monoisotopic (exact) mass is 376 g/mol. The smallest absolute Gasteiger partial charge is 0.284 e. The van der Waals surface area contributed by atoms with Gasteiger partial charge in [0.1, 0.15) is 5.82 Å². The predicted octanol–water partition coefficient (Wildman–Crippen LogP) is 1.19. The van der Waals surface area contributed by atoms with Gasteiger partial charge in [0.05, 0.1) is 11.9 Å². The Morgan fingerprint density at radius 2 is 2.19 bits per heavy atom. The molecule has 142 valence electrons. The minimum absolute atomic E-state index is 0.0471. The predicted molar refractivity (Wildman–Crippen MR) is 93.9 cm³/mol. The molecule has 0 saturated carbocycles. The van der Waals surface area contributed by atoms with Crippen molar-refractivity contribution in [3.63, 3.8) is 0 Å². The van der Waals surface area contributed by atoms with Crippen molar-refractivity contribution in [2.75, 3.05) is 23.3 Å². The average Bonchev–Trinajstić information content (AvgIpc) is 3.32. The van der Waals surface area contributed by atoms with Crippen LogP contribution < -0.4 is 16.0 Å². The van der Waals surface area contributed by atoms with E-state index in [1.54, 1.807) is 6.07 Å². The van der Waals surface area contributed by atoms with Crippen molar-refractivity contribution in [1.82, 2.24) is 24.4 Å². The summed E-state index contributed by atoms with van der Waals surface area (Å²) < 4.78 is 28.8. The molecular formula is C16H18F2N8O. The first-order chi connectivity index (χ1) is 12.9. The normalized spacial score (nSPS) is 17.2. The molecule has 3 N–H and O–H groups in total. The topological polar surface area (TPSA) is 106 Å². The molecule has 3 aromatic rings. The Kier molecular flexibility index (Phi) is 4.22. The van der Waals surface area contributed by atoms with Crippen LogP contribution in [0.15, 0.2) is 24.5 Å². The van der Waals surface area contributed by atoms with Crippen molar-refractivity contribution in [3.05, 3.63) is 35.9 Å². The van der Waals surface area contributed by atoms with Gasteiger partial charge in [0, 0.05) is 32.4 Å². The Hall–Kier alpha value is -3.08. The number of nitrogens with two attached hydrogens (primary N) is 1. The van der Waals surface area contributed by atoms with E-state index in [1.807, 2.05) is 11.0 Å². The number of fused-ring (bicyclic) bond motifs is 1. The van der Waals surface area contributed by atoms with Gasteiger partial charge in [-0.1, -0.05) is 0 Å². The van der Waals surface area contributed by atoms with Crippen molar-refractivity contribution in [2.45, 2.75) is 18.9 Å². The van der Waals surface area contributed by atoms with Gasteiger partial charge in [-0.05, 0) is 18.6 Å². The quantitative estimate of drug-likeness (QED) is 0.708. The van der Waals surface area contributed by atoms with Gasteiger partial charge in [-0.2, -0.15) is 5.10 Å². The number of rotatable bonds is 4. The van der Waals surface area contributed by atoms with Crippen molar-refractivity contribution >= 4 is 23.1 Å². The first-order valence-corrected chi connectivity index (χ1v) is 8.40. The zero-order chi connectivity index (χ0) is 19.1. The molecule has 0 bridgehead atoms. The number of alkyl halides is 2. The van der Waals surface area contributed by atoms with Crippen molar-refractivity contribution in [2.24, 2.45) is 12.8 Å². The van der Waals surface area contributed by atoms with Gasteiger partial charge in [0.2, 0.25) is 0 Å². The standard InChI is InChI=1S/C16H18F2N8O/c1-24-8-10(14(23-24)15(17)18)21-16(27)11-6-20-12-2-3-13(22-26(11)12)25-5-4-9(19)7-25/h2-3,6,8-9,15H,4-5,7,19H2,1H3,(H,21,27)/t9-/m1/s1. The fourth-order valence-electron chi connectivity index (χ4n) is 3.13. The van der Waals surface area contributed by atoms with E-state index in [1.165, 1.54) is 28.6 Å². The summed E-state index contributed by atoms with van der Waals surface area (Å²) in [7, 11) is 1.50. The Balaban J connectivity index is 1.64. The van der Waals surface area contributed by atoms with Crippen LogP contribution in [0.5, 0.6) is 0 Å². The molecule has 0 aliphatic carbocycles. The number of imidazole rings is 1. The summed E-state index contributed by atoms with van der Waals surface area (Å²) >= 11 is 0. The van der Waals surface area contributed by atoms with Gasteiger partial charge in [-0.3, -0.25) is 9.48 Å². The van der Waals surface area contributed by atoms with Crippen LogP contribution in [-0.4, -0.2) is 49.4 Å². The second-order valence-corrected chi connectivity index (χ2v) is 6.46. The lowest BCUT2D eigenvalue weighted by Gasteiger charge is -2.16. The Morgan fingerprint density at radius 3 is 2.89 bits per heavy atom. The number of carbonyl (C=O) groups excluding carboxylic acids is 1. The van der Waals surface area contributed by atoms with E-state index in [0.717, 1.165) is 13.0 Å². The lowest BCUT2D eigenvalue weighted by Crippen LogP contribution is -2.27. The molecule has 1 aliphatic rings. The van der Waals surface area contributed by atoms with E-state index in [2.05, 4.69) is 20.5 Å². The largest absolute Gasteiger partial charge is 0.354 e. The van der Waals surface area contributed by atoms with Crippen LogP contribution in [0, 0.1) is 0 Å². The molecule has 1 aliphatic heterocycles. The van der Waals surface area contributed by atoms with Crippen molar-refractivity contribution in [1.29, 1.82) is 0 Å². The molecule has 0 spiro atoms. The number of carbonyl (C=O) groups is 1. The number of amides is 1. The van der Waals surface area contributed by atoms with Gasteiger partial charge in [0.15, 0.2) is 17.0 Å². The molecule has 0 aromatic carbocycles. The summed E-state index contributed by atoms with van der Waals surface area (Å²) in [6, 6.07) is 3.65. The number of nitrogens with one attached hydrogen (secondary N) is 1. The molecule has 4 heterocycles. The maximum Gasteiger partial charge on any atom is 0.284 e.